The van der Waals surface area contributed by atoms with Crippen LogP contribution in [0.2, 0.25) is 0 Å². The molecular weight excluding hydrogens is 369 g/mol. The van der Waals surface area contributed by atoms with Gasteiger partial charge in [0.2, 0.25) is 0 Å². The molecule has 1 aromatic rings. The van der Waals surface area contributed by atoms with Crippen molar-refractivity contribution < 1.29 is 26.0 Å². The first-order valence-corrected chi connectivity index (χ1v) is 11.6. The fourth-order valence-electron chi connectivity index (χ4n) is 2.89. The second-order valence-electron chi connectivity index (χ2n) is 6.18. The van der Waals surface area contributed by atoms with Gasteiger partial charge in [-0.05, 0) is 50.6 Å². The molecule has 0 unspecified atom stereocenters. The van der Waals surface area contributed by atoms with E-state index in [1.165, 1.54) is 19.1 Å². The van der Waals surface area contributed by atoms with Gasteiger partial charge in [-0.25, -0.2) is 21.2 Å². The number of aryl methyl sites for hydroxylation is 1. The van der Waals surface area contributed by atoms with Gasteiger partial charge in [0, 0.05) is 19.3 Å². The van der Waals surface area contributed by atoms with E-state index in [2.05, 4.69) is 5.32 Å². The first-order chi connectivity index (χ1) is 11.7. The van der Waals surface area contributed by atoms with E-state index in [1.807, 2.05) is 6.92 Å². The fourth-order valence-corrected chi connectivity index (χ4v) is 7.69. The van der Waals surface area contributed by atoms with E-state index >= 15 is 0 Å². The van der Waals surface area contributed by atoms with Crippen molar-refractivity contribution in [2.45, 2.75) is 36.5 Å². The van der Waals surface area contributed by atoms with Gasteiger partial charge in [0.05, 0.1) is 21.7 Å². The average Bonchev–Trinajstić information content (AvgIpc) is 2.85. The molecule has 2 atom stereocenters. The molecule has 1 N–H and O–H groups in total. The summed E-state index contributed by atoms with van der Waals surface area (Å²) in [6.07, 6.45) is 0.660. The van der Waals surface area contributed by atoms with Crippen LogP contribution in [-0.2, 0) is 24.4 Å². The molecule has 1 fully saturated rings. The second-order valence-corrected chi connectivity index (χ2v) is 10.5. The zero-order valence-electron chi connectivity index (χ0n) is 14.4. The zero-order chi connectivity index (χ0) is 18.7. The van der Waals surface area contributed by atoms with Crippen molar-refractivity contribution in [2.75, 3.05) is 31.3 Å². The molecule has 0 bridgehead atoms. The lowest BCUT2D eigenvalue weighted by atomic mass is 10.2. The minimum Gasteiger partial charge on any atom is -0.382 e. The molecule has 1 saturated heterocycles. The number of halogens is 1. The number of rotatable bonds is 8. The van der Waals surface area contributed by atoms with Crippen LogP contribution in [0.15, 0.2) is 23.1 Å². The molecule has 1 heterocycles. The third-order valence-electron chi connectivity index (χ3n) is 4.23. The van der Waals surface area contributed by atoms with Crippen LogP contribution < -0.4 is 5.32 Å². The lowest BCUT2D eigenvalue weighted by Crippen LogP contribution is -2.43. The van der Waals surface area contributed by atoms with Gasteiger partial charge in [-0.1, -0.05) is 0 Å². The summed E-state index contributed by atoms with van der Waals surface area (Å²) in [7, 11) is -7.33. The van der Waals surface area contributed by atoms with Gasteiger partial charge < -0.3 is 10.1 Å². The number of benzene rings is 1. The molecule has 0 aliphatic carbocycles. The minimum atomic E-state index is -3.89. The van der Waals surface area contributed by atoms with E-state index in [-0.39, 0.29) is 16.2 Å². The predicted octanol–water partition coefficient (Wildman–Crippen LogP) is 1.09. The molecule has 0 radical (unpaired) electrons. The Kier molecular flexibility index (Phi) is 6.58. The Hall–Kier alpha value is -1.03. The van der Waals surface area contributed by atoms with Crippen molar-refractivity contribution >= 4 is 19.7 Å². The van der Waals surface area contributed by atoms with E-state index in [1.54, 1.807) is 0 Å². The summed E-state index contributed by atoms with van der Waals surface area (Å²) in [5, 5.41) is 1.96. The SMILES string of the molecule is CCOCCCN[C@@H]1CS(=O)(=O)C[C@H]1S(=O)(=O)c1ccc(F)c(C)c1. The monoisotopic (exact) mass is 393 g/mol. The minimum absolute atomic E-state index is 0.0467. The molecule has 1 aliphatic rings. The van der Waals surface area contributed by atoms with Crippen LogP contribution in [-0.4, -0.2) is 59.4 Å². The standard InChI is InChI=1S/C16H24FNO5S2/c1-3-23-8-4-7-18-15-10-24(19,20)11-16(15)25(21,22)13-5-6-14(17)12(2)9-13/h5-6,9,15-16,18H,3-4,7-8,10-11H2,1-2H3/t15-,16-/m1/s1. The second kappa shape index (κ2) is 8.11. The average molecular weight is 394 g/mol. The highest BCUT2D eigenvalue weighted by atomic mass is 32.2. The van der Waals surface area contributed by atoms with Crippen molar-refractivity contribution in [1.82, 2.24) is 5.32 Å². The molecule has 142 valence electrons. The summed E-state index contributed by atoms with van der Waals surface area (Å²) >= 11 is 0. The maximum atomic E-state index is 13.4. The highest BCUT2D eigenvalue weighted by Crippen LogP contribution is 2.27. The van der Waals surface area contributed by atoms with Crippen molar-refractivity contribution in [1.29, 1.82) is 0 Å². The highest BCUT2D eigenvalue weighted by Gasteiger charge is 2.45. The summed E-state index contributed by atoms with van der Waals surface area (Å²) in [6, 6.07) is 2.86. The van der Waals surface area contributed by atoms with E-state index < -0.39 is 42.5 Å². The van der Waals surface area contributed by atoms with E-state index in [4.69, 9.17) is 4.74 Å². The topological polar surface area (TPSA) is 89.5 Å². The molecule has 1 aromatic carbocycles. The molecule has 0 amide bonds. The van der Waals surface area contributed by atoms with Gasteiger partial charge in [-0.2, -0.15) is 0 Å². The fraction of sp³-hybridized carbons (Fsp3) is 0.625. The first kappa shape index (κ1) is 20.3. The smallest absolute Gasteiger partial charge is 0.183 e. The van der Waals surface area contributed by atoms with Crippen LogP contribution in [0.5, 0.6) is 0 Å². The Morgan fingerprint density at radius 1 is 1.32 bits per heavy atom. The Bertz CT molecular complexity index is 808. The quantitative estimate of drug-likeness (QED) is 0.525. The molecular formula is C16H24FNO5S2. The van der Waals surface area contributed by atoms with E-state index in [9.17, 15) is 21.2 Å². The number of nitrogens with one attached hydrogen (secondary N) is 1. The maximum Gasteiger partial charge on any atom is 0.183 e. The van der Waals surface area contributed by atoms with Crippen molar-refractivity contribution in [3.8, 4) is 0 Å². The van der Waals surface area contributed by atoms with E-state index in [0.717, 1.165) is 6.07 Å². The third kappa shape index (κ3) is 4.99. The molecule has 25 heavy (non-hydrogen) atoms. The predicted molar refractivity (Wildman–Crippen MR) is 93.7 cm³/mol. The van der Waals surface area contributed by atoms with Crippen molar-refractivity contribution in [3.63, 3.8) is 0 Å². The Balaban J connectivity index is 2.19. The summed E-state index contributed by atoms with van der Waals surface area (Å²) < 4.78 is 68.4. The summed E-state index contributed by atoms with van der Waals surface area (Å²) in [5.41, 5.74) is 0.211. The Labute approximate surface area is 148 Å². The van der Waals surface area contributed by atoms with Gasteiger partial charge in [-0.3, -0.25) is 0 Å². The number of sulfone groups is 2. The molecule has 1 aliphatic heterocycles. The number of ether oxygens (including phenoxy) is 1. The van der Waals surface area contributed by atoms with Gasteiger partial charge in [0.15, 0.2) is 19.7 Å². The van der Waals surface area contributed by atoms with E-state index in [0.29, 0.717) is 26.2 Å². The van der Waals surface area contributed by atoms with Crippen LogP contribution in [0.4, 0.5) is 4.39 Å². The molecule has 0 aromatic heterocycles. The summed E-state index contributed by atoms with van der Waals surface area (Å²) in [6.45, 7) is 4.94. The molecule has 9 heteroatoms. The Morgan fingerprint density at radius 3 is 2.68 bits per heavy atom. The molecule has 6 nitrogen and oxygen atoms in total. The number of hydrogen-bond acceptors (Lipinski definition) is 6. The maximum absolute atomic E-state index is 13.4. The highest BCUT2D eigenvalue weighted by molar-refractivity contribution is 7.96. The third-order valence-corrected chi connectivity index (χ3v) is 8.38. The summed E-state index contributed by atoms with van der Waals surface area (Å²) in [5.74, 6) is -1.13. The van der Waals surface area contributed by atoms with Gasteiger partial charge in [0.1, 0.15) is 5.82 Å². The molecule has 2 rings (SSSR count). The van der Waals surface area contributed by atoms with Crippen LogP contribution in [0.1, 0.15) is 18.9 Å². The van der Waals surface area contributed by atoms with Crippen molar-refractivity contribution in [3.05, 3.63) is 29.6 Å². The summed E-state index contributed by atoms with van der Waals surface area (Å²) in [4.78, 5) is -0.0467. The zero-order valence-corrected chi connectivity index (χ0v) is 16.0. The van der Waals surface area contributed by atoms with Crippen LogP contribution in [0.25, 0.3) is 0 Å². The lowest BCUT2D eigenvalue weighted by Gasteiger charge is -2.20. The Morgan fingerprint density at radius 2 is 2.04 bits per heavy atom. The van der Waals surface area contributed by atoms with Crippen molar-refractivity contribution in [2.24, 2.45) is 0 Å². The largest absolute Gasteiger partial charge is 0.382 e. The molecule has 0 saturated carbocycles. The van der Waals surface area contributed by atoms with Gasteiger partial charge in [-0.15, -0.1) is 0 Å². The van der Waals surface area contributed by atoms with Gasteiger partial charge >= 0.3 is 0 Å². The molecule has 0 spiro atoms. The van der Waals surface area contributed by atoms with Crippen LogP contribution >= 0.6 is 0 Å². The first-order valence-electron chi connectivity index (χ1n) is 8.19. The number of hydrogen-bond donors (Lipinski definition) is 1. The normalized spacial score (nSPS) is 23.0. The lowest BCUT2D eigenvalue weighted by molar-refractivity contribution is 0.144. The van der Waals surface area contributed by atoms with Crippen LogP contribution in [0, 0.1) is 12.7 Å². The van der Waals surface area contributed by atoms with Gasteiger partial charge in [0.25, 0.3) is 0 Å². The van der Waals surface area contributed by atoms with Crippen LogP contribution in [0.3, 0.4) is 0 Å².